The minimum Gasteiger partial charge on any atom is -0.396 e. The Kier molecular flexibility index (Phi) is 66.7. The van der Waals surface area contributed by atoms with Crippen LogP contribution in [0.25, 0.3) is 0 Å². The maximum absolute atomic E-state index is 12.5. The fourth-order valence-electron chi connectivity index (χ4n) is 9.68. The fourth-order valence-corrected chi connectivity index (χ4v) is 9.68. The minimum atomic E-state index is 0.129. The van der Waals surface area contributed by atoms with Crippen molar-refractivity contribution in [2.75, 3.05) is 59.0 Å². The average molecular weight is 1030 g/mol. The van der Waals surface area contributed by atoms with Crippen LogP contribution in [0.15, 0.2) is 0 Å². The number of amides is 3. The second-order valence-electron chi connectivity index (χ2n) is 22.1. The van der Waals surface area contributed by atoms with Crippen LogP contribution in [-0.2, 0) is 14.4 Å². The zero-order valence-corrected chi connectivity index (χ0v) is 49.9. The molecule has 436 valence electrons. The first-order chi connectivity index (χ1) is 35.9. The minimum absolute atomic E-state index is 0.129. The number of carbonyl (C=O) groups excluding carboxylic acids is 3. The first-order valence-electron chi connectivity index (χ1n) is 32.8. The van der Waals surface area contributed by atoms with Gasteiger partial charge < -0.3 is 31.3 Å². The first kappa shape index (κ1) is 73.4. The van der Waals surface area contributed by atoms with E-state index in [9.17, 15) is 14.4 Å². The van der Waals surface area contributed by atoms with E-state index in [0.29, 0.717) is 32.4 Å². The molecule has 0 aromatic rings. The Balaban J connectivity index is 0. The molecule has 0 aromatic heterocycles. The van der Waals surface area contributed by atoms with Gasteiger partial charge in [-0.2, -0.15) is 0 Å². The van der Waals surface area contributed by atoms with Crippen molar-refractivity contribution in [3.05, 3.63) is 0 Å². The highest BCUT2D eigenvalue weighted by Crippen LogP contribution is 2.15. The highest BCUT2D eigenvalue weighted by atomic mass is 16.3. The van der Waals surface area contributed by atoms with E-state index in [1.807, 2.05) is 0 Å². The summed E-state index contributed by atoms with van der Waals surface area (Å²) in [6.45, 7) is 15.9. The molecule has 0 saturated carbocycles. The van der Waals surface area contributed by atoms with E-state index in [1.54, 1.807) is 0 Å². The number of nitrogens with one attached hydrogen (secondary N) is 4. The lowest BCUT2D eigenvalue weighted by Gasteiger charge is -2.22. The normalized spacial score (nSPS) is 11.3. The molecule has 0 saturated heterocycles. The molecule has 9 heteroatoms. The second-order valence-corrected chi connectivity index (χ2v) is 22.1. The van der Waals surface area contributed by atoms with Crippen molar-refractivity contribution in [1.82, 2.24) is 26.2 Å². The zero-order valence-electron chi connectivity index (χ0n) is 49.9. The molecule has 0 aromatic carbocycles. The molecule has 0 aliphatic rings. The van der Waals surface area contributed by atoms with E-state index in [2.05, 4.69) is 53.9 Å². The van der Waals surface area contributed by atoms with E-state index >= 15 is 0 Å². The van der Waals surface area contributed by atoms with E-state index in [1.165, 1.54) is 244 Å². The smallest absolute Gasteiger partial charge is 0.221 e. The SMILES string of the molecule is CCCCCCCCCCCCCCNC(=O)CCN(CCCCCCO)CCC(=O)NCCCCCCCCCCCCCC.CCCCCCCCCCCCCCNC(=O)CCNCCCCCCC. The van der Waals surface area contributed by atoms with Crippen LogP contribution in [0.1, 0.15) is 336 Å². The molecule has 3 amide bonds. The van der Waals surface area contributed by atoms with Crippen LogP contribution in [0.3, 0.4) is 0 Å². The average Bonchev–Trinajstić information content (AvgIpc) is 3.39. The van der Waals surface area contributed by atoms with Crippen molar-refractivity contribution in [2.45, 2.75) is 336 Å². The molecule has 0 spiro atoms. The first-order valence-corrected chi connectivity index (χ1v) is 32.8. The largest absolute Gasteiger partial charge is 0.396 e. The van der Waals surface area contributed by atoms with Gasteiger partial charge in [0.1, 0.15) is 0 Å². The standard InChI is InChI=1S/C40H81N3O3.C24H50N2O/c1-3-5-7-9-11-13-15-17-19-21-23-27-33-41-39(45)31-36-43(35-29-25-26-30-38-44)37-32-40(46)42-34-28-24-22-20-18-16-14-12-10-8-6-4-2;1-3-5-7-9-10-11-12-13-14-15-17-19-22-26-24(27)20-23-25-21-18-16-8-6-4-2/h44H,3-38H2,1-2H3,(H,41,45)(H,42,46);25H,3-23H2,1-2H3,(H,26,27). The predicted molar refractivity (Wildman–Crippen MR) is 320 cm³/mol. The molecule has 0 unspecified atom stereocenters. The summed E-state index contributed by atoms with van der Waals surface area (Å²) in [6, 6.07) is 0. The van der Waals surface area contributed by atoms with Gasteiger partial charge in [0.15, 0.2) is 0 Å². The summed E-state index contributed by atoms with van der Waals surface area (Å²) in [5.74, 6) is 0.464. The van der Waals surface area contributed by atoms with E-state index in [4.69, 9.17) is 5.11 Å². The van der Waals surface area contributed by atoms with Crippen LogP contribution in [0.5, 0.6) is 0 Å². The number of carbonyl (C=O) groups is 3. The van der Waals surface area contributed by atoms with Gasteiger partial charge in [0.05, 0.1) is 0 Å². The van der Waals surface area contributed by atoms with Gasteiger partial charge in [0.25, 0.3) is 0 Å². The Bertz CT molecular complexity index is 1030. The number of aliphatic hydroxyl groups is 1. The lowest BCUT2D eigenvalue weighted by atomic mass is 10.1. The van der Waals surface area contributed by atoms with Gasteiger partial charge in [0, 0.05) is 65.1 Å². The van der Waals surface area contributed by atoms with E-state index in [0.717, 1.165) is 84.2 Å². The van der Waals surface area contributed by atoms with Crippen LogP contribution >= 0.6 is 0 Å². The van der Waals surface area contributed by atoms with Crippen LogP contribution in [0, 0.1) is 0 Å². The van der Waals surface area contributed by atoms with Crippen LogP contribution < -0.4 is 21.3 Å². The molecule has 0 aliphatic carbocycles. The number of rotatable bonds is 60. The summed E-state index contributed by atoms with van der Waals surface area (Å²) in [5.41, 5.74) is 0. The van der Waals surface area contributed by atoms with Gasteiger partial charge >= 0.3 is 0 Å². The Morgan fingerprint density at radius 3 is 0.822 bits per heavy atom. The quantitative estimate of drug-likeness (QED) is 0.0387. The monoisotopic (exact) mass is 1030 g/mol. The van der Waals surface area contributed by atoms with Crippen LogP contribution in [0.4, 0.5) is 0 Å². The maximum Gasteiger partial charge on any atom is 0.221 e. The zero-order chi connectivity index (χ0) is 53.4. The van der Waals surface area contributed by atoms with Gasteiger partial charge in [-0.15, -0.1) is 0 Å². The number of aliphatic hydroxyl groups excluding tert-OH is 1. The van der Waals surface area contributed by atoms with Gasteiger partial charge in [-0.05, 0) is 51.6 Å². The molecule has 0 heterocycles. The predicted octanol–water partition coefficient (Wildman–Crippen LogP) is 17.0. The fraction of sp³-hybridized carbons (Fsp3) is 0.953. The van der Waals surface area contributed by atoms with Crippen molar-refractivity contribution in [2.24, 2.45) is 0 Å². The molecule has 5 N–H and O–H groups in total. The van der Waals surface area contributed by atoms with Crippen molar-refractivity contribution < 1.29 is 19.5 Å². The molecule has 9 nitrogen and oxygen atoms in total. The summed E-state index contributed by atoms with van der Waals surface area (Å²) < 4.78 is 0. The summed E-state index contributed by atoms with van der Waals surface area (Å²) >= 11 is 0. The topological polar surface area (TPSA) is 123 Å². The van der Waals surface area contributed by atoms with Crippen molar-refractivity contribution in [3.63, 3.8) is 0 Å². The number of nitrogens with zero attached hydrogens (tertiary/aromatic N) is 1. The number of hydrogen-bond acceptors (Lipinski definition) is 6. The van der Waals surface area contributed by atoms with Crippen LogP contribution in [0.2, 0.25) is 0 Å². The van der Waals surface area contributed by atoms with Crippen molar-refractivity contribution in [1.29, 1.82) is 0 Å². The third kappa shape index (κ3) is 66.3. The summed E-state index contributed by atoms with van der Waals surface area (Å²) in [7, 11) is 0. The van der Waals surface area contributed by atoms with Gasteiger partial charge in [-0.25, -0.2) is 0 Å². The highest BCUT2D eigenvalue weighted by molar-refractivity contribution is 5.77. The molecule has 0 atom stereocenters. The summed E-state index contributed by atoms with van der Waals surface area (Å²) in [4.78, 5) is 39.1. The van der Waals surface area contributed by atoms with Gasteiger partial charge in [-0.3, -0.25) is 14.4 Å². The van der Waals surface area contributed by atoms with E-state index < -0.39 is 0 Å². The molecular formula is C64H131N5O4. The van der Waals surface area contributed by atoms with Crippen molar-refractivity contribution >= 4 is 17.7 Å². The molecule has 0 radical (unpaired) electrons. The summed E-state index contributed by atoms with van der Waals surface area (Å²) in [5, 5.41) is 21.7. The van der Waals surface area contributed by atoms with Crippen molar-refractivity contribution in [3.8, 4) is 0 Å². The third-order valence-electron chi connectivity index (χ3n) is 14.7. The maximum atomic E-state index is 12.5. The molecule has 0 fully saturated rings. The van der Waals surface area contributed by atoms with Gasteiger partial charge in [0.2, 0.25) is 17.7 Å². The van der Waals surface area contributed by atoms with Gasteiger partial charge in [-0.1, -0.05) is 278 Å². The highest BCUT2D eigenvalue weighted by Gasteiger charge is 2.11. The summed E-state index contributed by atoms with van der Waals surface area (Å²) in [6.07, 6.45) is 60.3. The molecular weight excluding hydrogens is 903 g/mol. The molecule has 0 aliphatic heterocycles. The lowest BCUT2D eigenvalue weighted by Crippen LogP contribution is -2.35. The molecule has 0 bridgehead atoms. The second kappa shape index (κ2) is 66.4. The Labute approximate surface area is 456 Å². The van der Waals surface area contributed by atoms with Crippen LogP contribution in [-0.4, -0.2) is 86.7 Å². The number of hydrogen-bond donors (Lipinski definition) is 5. The lowest BCUT2D eigenvalue weighted by molar-refractivity contribution is -0.122. The Morgan fingerprint density at radius 2 is 0.521 bits per heavy atom. The Morgan fingerprint density at radius 1 is 0.274 bits per heavy atom. The number of unbranched alkanes of at least 4 members (excludes halogenated alkanes) is 40. The molecule has 0 rings (SSSR count). The molecule has 73 heavy (non-hydrogen) atoms. The third-order valence-corrected chi connectivity index (χ3v) is 14.7. The van der Waals surface area contributed by atoms with E-state index in [-0.39, 0.29) is 24.3 Å². The Hall–Kier alpha value is -1.71.